The number of nitrogens with zero attached hydrogens (tertiary/aromatic N) is 4. The van der Waals surface area contributed by atoms with Gasteiger partial charge in [-0.1, -0.05) is 53.4 Å². The Morgan fingerprint density at radius 1 is 1.28 bits per heavy atom. The molecular formula is C17H17N5O7S3. The number of aromatic nitrogens is 2. The summed E-state index contributed by atoms with van der Waals surface area (Å²) in [6, 6.07) is 7.56. The molecule has 15 heteroatoms. The number of hydrogen-bond acceptors (Lipinski definition) is 10. The molecule has 3 amide bonds. The Labute approximate surface area is 190 Å². The number of fused-ring (bicyclic) bond motifs is 1. The quantitative estimate of drug-likeness (QED) is 0.243. The summed E-state index contributed by atoms with van der Waals surface area (Å²) < 4.78 is 37.5. The van der Waals surface area contributed by atoms with E-state index >= 15 is 0 Å². The lowest BCUT2D eigenvalue weighted by Crippen LogP contribution is -2.68. The van der Waals surface area contributed by atoms with Crippen molar-refractivity contribution in [2.45, 2.75) is 29.5 Å². The van der Waals surface area contributed by atoms with Crippen LogP contribution in [0.5, 0.6) is 0 Å². The van der Waals surface area contributed by atoms with Gasteiger partial charge in [-0.3, -0.25) is 19.5 Å². The smallest absolute Gasteiger partial charge is 0.413 e. The fraction of sp³-hybridized carbons (Fsp3) is 0.353. The average Bonchev–Trinajstić information content (AvgIpc) is 3.34. The molecule has 0 saturated carbocycles. The maximum absolute atomic E-state index is 12.5. The van der Waals surface area contributed by atoms with E-state index in [1.807, 2.05) is 30.3 Å². The summed E-state index contributed by atoms with van der Waals surface area (Å²) in [5.41, 5.74) is 0.837. The first-order valence-corrected chi connectivity index (χ1v) is 12.5. The monoisotopic (exact) mass is 499 g/mol. The van der Waals surface area contributed by atoms with Gasteiger partial charge >= 0.3 is 16.4 Å². The Morgan fingerprint density at radius 2 is 2.03 bits per heavy atom. The maximum atomic E-state index is 12.5. The molecule has 2 N–H and O–H groups in total. The number of rotatable bonds is 7. The second-order valence-electron chi connectivity index (χ2n) is 6.85. The van der Waals surface area contributed by atoms with Crippen LogP contribution in [0.4, 0.5) is 9.93 Å². The third-order valence-corrected chi connectivity index (χ3v) is 7.76. The minimum absolute atomic E-state index is 0.0462. The summed E-state index contributed by atoms with van der Waals surface area (Å²) in [6.45, 7) is 0.315. The van der Waals surface area contributed by atoms with Gasteiger partial charge in [0.15, 0.2) is 4.34 Å². The molecule has 170 valence electrons. The van der Waals surface area contributed by atoms with Crippen LogP contribution in [-0.4, -0.2) is 74.7 Å². The van der Waals surface area contributed by atoms with Gasteiger partial charge in [0, 0.05) is 6.54 Å². The van der Waals surface area contributed by atoms with Crippen molar-refractivity contribution in [3.63, 3.8) is 0 Å². The van der Waals surface area contributed by atoms with Crippen molar-refractivity contribution in [3.8, 4) is 0 Å². The molecule has 2 aliphatic rings. The molecule has 2 atom stereocenters. The molecule has 2 aliphatic heterocycles. The van der Waals surface area contributed by atoms with E-state index in [2.05, 4.69) is 15.5 Å². The Kier molecular flexibility index (Phi) is 6.32. The number of thioether (sulfide) groups is 1. The Morgan fingerprint density at radius 3 is 2.75 bits per heavy atom. The summed E-state index contributed by atoms with van der Waals surface area (Å²) in [7, 11) is -4.62. The number of amides is 3. The van der Waals surface area contributed by atoms with Crippen LogP contribution < -0.4 is 5.32 Å². The molecular weight excluding hydrogens is 482 g/mol. The first-order valence-electron chi connectivity index (χ1n) is 9.28. The molecule has 0 spiro atoms. The van der Waals surface area contributed by atoms with E-state index in [0.717, 1.165) is 28.7 Å². The van der Waals surface area contributed by atoms with Crippen molar-refractivity contribution in [1.82, 2.24) is 19.4 Å². The van der Waals surface area contributed by atoms with E-state index in [9.17, 15) is 22.8 Å². The summed E-state index contributed by atoms with van der Waals surface area (Å²) in [5.74, 6) is -1.22. The van der Waals surface area contributed by atoms with E-state index in [-0.39, 0.29) is 36.4 Å². The van der Waals surface area contributed by atoms with Crippen molar-refractivity contribution in [2.75, 3.05) is 17.6 Å². The highest BCUT2D eigenvalue weighted by Crippen LogP contribution is 2.36. The van der Waals surface area contributed by atoms with E-state index in [1.165, 1.54) is 4.90 Å². The first-order chi connectivity index (χ1) is 15.2. The van der Waals surface area contributed by atoms with E-state index < -0.39 is 34.4 Å². The largest absolute Gasteiger partial charge is 0.444 e. The van der Waals surface area contributed by atoms with Crippen LogP contribution in [0, 0.1) is 0 Å². The van der Waals surface area contributed by atoms with Crippen LogP contribution in [0.15, 0.2) is 34.7 Å². The number of carbonyl (C=O) groups excluding carboxylic acids is 3. The van der Waals surface area contributed by atoms with E-state index in [0.29, 0.717) is 8.64 Å². The summed E-state index contributed by atoms with van der Waals surface area (Å²) in [5, 5.41) is 10.4. The average molecular weight is 500 g/mol. The normalized spacial score (nSPS) is 20.0. The van der Waals surface area contributed by atoms with Gasteiger partial charge in [-0.2, -0.15) is 8.42 Å². The summed E-state index contributed by atoms with van der Waals surface area (Å²) >= 11 is 2.14. The molecule has 0 bridgehead atoms. The highest BCUT2D eigenvalue weighted by molar-refractivity contribution is 8.01. The molecule has 0 radical (unpaired) electrons. The van der Waals surface area contributed by atoms with Crippen molar-refractivity contribution in [2.24, 2.45) is 0 Å². The summed E-state index contributed by atoms with van der Waals surface area (Å²) in [6.07, 6.45) is -0.419. The lowest BCUT2D eigenvalue weighted by Gasteiger charge is -2.42. The van der Waals surface area contributed by atoms with Gasteiger partial charge in [0.1, 0.15) is 12.6 Å². The van der Waals surface area contributed by atoms with Gasteiger partial charge in [-0.15, -0.1) is 10.2 Å². The predicted octanol–water partition coefficient (Wildman–Crippen LogP) is 0.993. The zero-order chi connectivity index (χ0) is 22.9. The minimum Gasteiger partial charge on any atom is -0.444 e. The zero-order valence-electron chi connectivity index (χ0n) is 16.3. The Bertz CT molecular complexity index is 1140. The van der Waals surface area contributed by atoms with E-state index in [4.69, 9.17) is 9.29 Å². The molecule has 2 fully saturated rings. The maximum Gasteiger partial charge on any atom is 0.413 e. The number of anilines is 1. The third kappa shape index (κ3) is 4.69. The van der Waals surface area contributed by atoms with Crippen molar-refractivity contribution in [3.05, 3.63) is 35.9 Å². The van der Waals surface area contributed by atoms with Crippen molar-refractivity contribution in [1.29, 1.82) is 0 Å². The Hall–Kier alpha value is -2.75. The van der Waals surface area contributed by atoms with Crippen LogP contribution in [0.25, 0.3) is 0 Å². The number of β-lactam (4-membered cyclic amide) rings is 1. The molecule has 32 heavy (non-hydrogen) atoms. The van der Waals surface area contributed by atoms with Crippen LogP contribution in [0.3, 0.4) is 0 Å². The van der Waals surface area contributed by atoms with Gasteiger partial charge in [-0.05, 0) is 12.0 Å². The van der Waals surface area contributed by atoms with Gasteiger partial charge in [0.25, 0.3) is 5.91 Å². The van der Waals surface area contributed by atoms with Gasteiger partial charge in [0.05, 0.1) is 11.8 Å². The molecule has 4 rings (SSSR count). The molecule has 1 aromatic carbocycles. The van der Waals surface area contributed by atoms with Crippen LogP contribution in [0.1, 0.15) is 12.0 Å². The number of nitrogens with one attached hydrogen (secondary N) is 1. The van der Waals surface area contributed by atoms with Gasteiger partial charge in [-0.25, -0.2) is 9.10 Å². The number of carbonyl (C=O) groups is 3. The first kappa shape index (κ1) is 22.4. The van der Waals surface area contributed by atoms with Crippen LogP contribution >= 0.6 is 23.1 Å². The van der Waals surface area contributed by atoms with Crippen LogP contribution in [0.2, 0.25) is 0 Å². The fourth-order valence-electron chi connectivity index (χ4n) is 3.47. The molecule has 12 nitrogen and oxygen atoms in total. The highest BCUT2D eigenvalue weighted by atomic mass is 32.2. The number of hydrogen-bond donors (Lipinski definition) is 2. The van der Waals surface area contributed by atoms with Crippen LogP contribution in [-0.2, 0) is 31.2 Å². The highest BCUT2D eigenvalue weighted by Gasteiger charge is 2.59. The number of ether oxygens (including phenoxy) is 1. The lowest BCUT2D eigenvalue weighted by molar-refractivity contribution is -0.150. The lowest BCUT2D eigenvalue weighted by atomic mass is 10.0. The molecule has 0 aliphatic carbocycles. The topological polar surface area (TPSA) is 159 Å². The molecule has 0 unspecified atom stereocenters. The number of benzene rings is 1. The zero-order valence-corrected chi connectivity index (χ0v) is 18.7. The second-order valence-corrected chi connectivity index (χ2v) is 10.3. The number of likely N-dealkylation sites (tertiary alicyclic amines) is 1. The van der Waals surface area contributed by atoms with Crippen molar-refractivity contribution >= 4 is 56.4 Å². The molecule has 3 heterocycles. The van der Waals surface area contributed by atoms with Gasteiger partial charge < -0.3 is 9.64 Å². The Balaban J connectivity index is 1.24. The molecule has 2 aromatic rings. The van der Waals surface area contributed by atoms with E-state index in [1.54, 1.807) is 0 Å². The fourth-order valence-corrected chi connectivity index (χ4v) is 5.99. The predicted molar refractivity (Wildman–Crippen MR) is 113 cm³/mol. The molecule has 2 saturated heterocycles. The summed E-state index contributed by atoms with van der Waals surface area (Å²) in [4.78, 5) is 37.7. The molecule has 1 aromatic heterocycles. The SMILES string of the molecule is O=C(Nc1nnc(SCC(=O)N2CC[C@@H]3[C@H]2C(=O)N3S(=O)(=O)O)s1)OCc1ccccc1. The van der Waals surface area contributed by atoms with Crippen molar-refractivity contribution < 1.29 is 32.1 Å². The second kappa shape index (κ2) is 9.01. The minimum atomic E-state index is -4.62. The van der Waals surface area contributed by atoms with Gasteiger partial charge in [0.2, 0.25) is 11.0 Å². The standard InChI is InChI=1S/C17H17N5O7S3/c23-12(21-7-6-11-13(21)14(24)22(11)32(26,27)28)9-30-17-20-19-15(31-17)18-16(25)29-8-10-4-2-1-3-5-10/h1-5,11,13H,6-9H2,(H,18,19,25)(H,26,27,28)/t11-,13+/m1/s1. The third-order valence-electron chi connectivity index (χ3n) is 4.85.